The molecule has 0 atom stereocenters. The van der Waals surface area contributed by atoms with E-state index >= 15 is 0 Å². The van der Waals surface area contributed by atoms with E-state index in [1.165, 1.54) is 20.9 Å². The molecule has 2 aromatic carbocycles. The van der Waals surface area contributed by atoms with Crippen molar-refractivity contribution in [1.29, 1.82) is 0 Å². The topological polar surface area (TPSA) is 29.1 Å². The van der Waals surface area contributed by atoms with Crippen molar-refractivity contribution in [3.05, 3.63) is 74.6 Å². The van der Waals surface area contributed by atoms with Crippen LogP contribution in [0.4, 0.5) is 0 Å². The Morgan fingerprint density at radius 1 is 1.04 bits per heavy atom. The van der Waals surface area contributed by atoms with E-state index in [1.807, 2.05) is 48.5 Å². The lowest BCUT2D eigenvalue weighted by Gasteiger charge is -2.15. The van der Waals surface area contributed by atoms with Crippen LogP contribution in [0.1, 0.15) is 20.8 Å². The van der Waals surface area contributed by atoms with Gasteiger partial charge in [-0.25, -0.2) is 0 Å². The quantitative estimate of drug-likeness (QED) is 0.537. The maximum Gasteiger partial charge on any atom is 0.261 e. The highest BCUT2D eigenvalue weighted by molar-refractivity contribution is 7.98. The summed E-state index contributed by atoms with van der Waals surface area (Å²) in [5.41, 5.74) is 3.55. The Morgan fingerprint density at radius 3 is 2.62 bits per heavy atom. The Bertz CT molecular complexity index is 966. The predicted molar refractivity (Wildman–Crippen MR) is 112 cm³/mol. The third-order valence-corrected chi connectivity index (χ3v) is 7.02. The molecule has 2 heterocycles. The van der Waals surface area contributed by atoms with E-state index in [4.69, 9.17) is 23.2 Å². The lowest BCUT2D eigenvalue weighted by molar-refractivity contribution is 0.0958. The number of rotatable bonds is 4. The summed E-state index contributed by atoms with van der Waals surface area (Å²) in [4.78, 5) is 15.6. The molecule has 1 aliphatic heterocycles. The fraction of sp³-hybridized carbons (Fsp3) is 0.150. The number of benzene rings is 2. The van der Waals surface area contributed by atoms with E-state index in [1.54, 1.807) is 23.1 Å². The molecular weight excluding hydrogens is 405 g/mol. The van der Waals surface area contributed by atoms with Crippen molar-refractivity contribution in [3.8, 4) is 10.4 Å². The van der Waals surface area contributed by atoms with Gasteiger partial charge in [0.2, 0.25) is 0 Å². The lowest BCUT2D eigenvalue weighted by atomic mass is 10.1. The highest BCUT2D eigenvalue weighted by Gasteiger charge is 2.22. The molecule has 1 amide bonds. The highest BCUT2D eigenvalue weighted by atomic mass is 35.5. The normalized spacial score (nSPS) is 12.4. The fourth-order valence-electron chi connectivity index (χ4n) is 2.89. The van der Waals surface area contributed by atoms with Crippen LogP contribution in [0, 0.1) is 0 Å². The number of hydrogen-bond donors (Lipinski definition) is 1. The molecule has 132 valence electrons. The Balaban J connectivity index is 1.45. The second kappa shape index (κ2) is 7.65. The zero-order valence-corrected chi connectivity index (χ0v) is 16.9. The third kappa shape index (κ3) is 3.79. The Morgan fingerprint density at radius 2 is 1.81 bits per heavy atom. The summed E-state index contributed by atoms with van der Waals surface area (Å²) in [6, 6.07) is 15.7. The first-order valence-corrected chi connectivity index (χ1v) is 10.7. The summed E-state index contributed by atoms with van der Waals surface area (Å²) in [5, 5.41) is 4.49. The molecule has 0 aliphatic carbocycles. The van der Waals surface area contributed by atoms with Gasteiger partial charge in [0.1, 0.15) is 0 Å². The molecule has 4 rings (SSSR count). The van der Waals surface area contributed by atoms with Gasteiger partial charge in [0.25, 0.3) is 5.91 Å². The minimum Gasteiger partial charge on any atom is -0.351 e. The summed E-state index contributed by atoms with van der Waals surface area (Å²) in [7, 11) is 0. The van der Waals surface area contributed by atoms with Crippen molar-refractivity contribution < 1.29 is 4.79 Å². The first-order chi connectivity index (χ1) is 12.6. The molecule has 0 bridgehead atoms. The van der Waals surface area contributed by atoms with Crippen molar-refractivity contribution in [2.45, 2.75) is 17.1 Å². The maximum atomic E-state index is 12.5. The van der Waals surface area contributed by atoms with Crippen molar-refractivity contribution in [1.82, 2.24) is 5.32 Å². The third-order valence-electron chi connectivity index (χ3n) is 4.22. The van der Waals surface area contributed by atoms with Crippen LogP contribution in [0.3, 0.4) is 0 Å². The Labute approximate surface area is 170 Å². The van der Waals surface area contributed by atoms with E-state index in [0.717, 1.165) is 32.7 Å². The first-order valence-electron chi connectivity index (χ1n) is 8.18. The van der Waals surface area contributed by atoms with Crippen LogP contribution >= 0.6 is 46.3 Å². The number of fused-ring (bicyclic) bond motifs is 3. The van der Waals surface area contributed by atoms with Crippen LogP contribution in [-0.4, -0.2) is 12.5 Å². The summed E-state index contributed by atoms with van der Waals surface area (Å²) < 4.78 is 0. The molecule has 1 aliphatic rings. The molecule has 0 radical (unpaired) electrons. The number of thiophene rings is 1. The van der Waals surface area contributed by atoms with Crippen molar-refractivity contribution in [3.63, 3.8) is 0 Å². The first kappa shape index (κ1) is 17.9. The number of thioether (sulfide) groups is 1. The molecule has 0 unspecified atom stereocenters. The van der Waals surface area contributed by atoms with Crippen LogP contribution in [0.15, 0.2) is 53.4 Å². The monoisotopic (exact) mass is 419 g/mol. The molecular formula is C20H15Cl2NOS2. The fourth-order valence-corrected chi connectivity index (χ4v) is 5.62. The Kier molecular flexibility index (Phi) is 5.28. The lowest BCUT2D eigenvalue weighted by Crippen LogP contribution is -2.24. The van der Waals surface area contributed by atoms with Gasteiger partial charge in [-0.2, -0.15) is 0 Å². The maximum absolute atomic E-state index is 12.5. The summed E-state index contributed by atoms with van der Waals surface area (Å²) in [5.74, 6) is 0.857. The van der Waals surface area contributed by atoms with Crippen LogP contribution in [0.5, 0.6) is 0 Å². The number of halogens is 2. The molecule has 0 spiro atoms. The van der Waals surface area contributed by atoms with E-state index in [2.05, 4.69) is 5.32 Å². The van der Waals surface area contributed by atoms with Gasteiger partial charge in [0.15, 0.2) is 0 Å². The molecule has 0 saturated carbocycles. The van der Waals surface area contributed by atoms with Gasteiger partial charge in [-0.1, -0.05) is 41.4 Å². The van der Waals surface area contributed by atoms with E-state index < -0.39 is 0 Å². The van der Waals surface area contributed by atoms with E-state index in [0.29, 0.717) is 6.54 Å². The number of carbonyl (C=O) groups excluding carboxylic acids is 1. The molecule has 3 aromatic rings. The van der Waals surface area contributed by atoms with Crippen molar-refractivity contribution in [2.24, 2.45) is 0 Å². The molecule has 0 saturated heterocycles. The van der Waals surface area contributed by atoms with Gasteiger partial charge in [-0.05, 0) is 47.9 Å². The molecule has 0 fully saturated rings. The minimum absolute atomic E-state index is 0.0149. The van der Waals surface area contributed by atoms with Crippen LogP contribution < -0.4 is 5.32 Å². The van der Waals surface area contributed by atoms with Gasteiger partial charge in [0, 0.05) is 37.7 Å². The van der Waals surface area contributed by atoms with Gasteiger partial charge < -0.3 is 5.32 Å². The molecule has 1 aromatic heterocycles. The molecule has 1 N–H and O–H groups in total. The van der Waals surface area contributed by atoms with Gasteiger partial charge in [-0.15, -0.1) is 23.1 Å². The summed E-state index contributed by atoms with van der Waals surface area (Å²) in [6.45, 7) is 0.601. The second-order valence-corrected chi connectivity index (χ2v) is 8.97. The molecule has 2 nitrogen and oxygen atoms in total. The summed E-state index contributed by atoms with van der Waals surface area (Å²) in [6.07, 6.45) is 0.783. The predicted octanol–water partition coefficient (Wildman–Crippen LogP) is 6.30. The van der Waals surface area contributed by atoms with Gasteiger partial charge in [-0.3, -0.25) is 4.79 Å². The highest BCUT2D eigenvalue weighted by Crippen LogP contribution is 2.46. The second-order valence-electron chi connectivity index (χ2n) is 6.03. The van der Waals surface area contributed by atoms with Crippen molar-refractivity contribution >= 4 is 52.2 Å². The average molecular weight is 420 g/mol. The zero-order chi connectivity index (χ0) is 18.1. The average Bonchev–Trinajstić information content (AvgIpc) is 3.08. The zero-order valence-electron chi connectivity index (χ0n) is 13.7. The number of carbonyl (C=O) groups is 1. The molecule has 6 heteroatoms. The van der Waals surface area contributed by atoms with Gasteiger partial charge >= 0.3 is 0 Å². The van der Waals surface area contributed by atoms with Gasteiger partial charge in [0.05, 0.1) is 4.88 Å². The smallest absolute Gasteiger partial charge is 0.261 e. The largest absolute Gasteiger partial charge is 0.351 e. The number of nitrogens with one attached hydrogen (secondary N) is 1. The minimum atomic E-state index is -0.0149. The Hall–Kier alpha value is -1.46. The molecule has 26 heavy (non-hydrogen) atoms. The SMILES string of the molecule is O=C(NCCc1ccc(Cl)cc1)c1cc2c(s1)-c1ccc(Cl)cc1SC2. The number of hydrogen-bond acceptors (Lipinski definition) is 3. The van der Waals surface area contributed by atoms with Crippen molar-refractivity contribution in [2.75, 3.05) is 6.54 Å². The van der Waals surface area contributed by atoms with E-state index in [9.17, 15) is 4.79 Å². The van der Waals surface area contributed by atoms with Crippen LogP contribution in [0.2, 0.25) is 10.0 Å². The van der Waals surface area contributed by atoms with Crippen LogP contribution in [-0.2, 0) is 12.2 Å². The number of amides is 1. The summed E-state index contributed by atoms with van der Waals surface area (Å²) >= 11 is 15.3. The van der Waals surface area contributed by atoms with E-state index in [-0.39, 0.29) is 5.91 Å². The van der Waals surface area contributed by atoms with Crippen LogP contribution in [0.25, 0.3) is 10.4 Å². The standard InChI is InChI=1S/C20H15Cl2NOS2/c21-14-3-1-12(2-4-14)7-8-23-20(24)18-9-13-11-25-17-10-15(22)5-6-16(17)19(13)26-18/h1-6,9-10H,7-8,11H2,(H,23,24).